The molecule has 2 heteroatoms. The predicted octanol–water partition coefficient (Wildman–Crippen LogP) is 4.30. The average molecular weight is 237 g/mol. The quantitative estimate of drug-likeness (QED) is 0.777. The topological polar surface area (TPSA) is 12.0 Å². The SMILES string of the molecule is CCCC(C)NC(c1ccc(F)cc1)C(C)C. The summed E-state index contributed by atoms with van der Waals surface area (Å²) in [4.78, 5) is 0. The second-order valence-electron chi connectivity index (χ2n) is 5.13. The van der Waals surface area contributed by atoms with Crippen LogP contribution in [-0.2, 0) is 0 Å². The molecule has 0 saturated carbocycles. The van der Waals surface area contributed by atoms with E-state index in [-0.39, 0.29) is 5.82 Å². The van der Waals surface area contributed by atoms with Crippen LogP contribution in [0.25, 0.3) is 0 Å². The number of hydrogen-bond acceptors (Lipinski definition) is 1. The standard InChI is InChI=1S/C15H24FN/c1-5-6-12(4)17-15(11(2)3)13-7-9-14(16)10-8-13/h7-12,15,17H,5-6H2,1-4H3. The fraction of sp³-hybridized carbons (Fsp3) is 0.600. The van der Waals surface area contributed by atoms with Crippen LogP contribution in [0.2, 0.25) is 0 Å². The molecule has 0 fully saturated rings. The van der Waals surface area contributed by atoms with E-state index in [4.69, 9.17) is 0 Å². The van der Waals surface area contributed by atoms with E-state index in [1.807, 2.05) is 12.1 Å². The van der Waals surface area contributed by atoms with E-state index in [0.29, 0.717) is 18.0 Å². The minimum absolute atomic E-state index is 0.169. The maximum atomic E-state index is 12.9. The van der Waals surface area contributed by atoms with Crippen molar-refractivity contribution in [2.24, 2.45) is 5.92 Å². The van der Waals surface area contributed by atoms with Gasteiger partial charge in [0.25, 0.3) is 0 Å². The Hall–Kier alpha value is -0.890. The molecule has 0 amide bonds. The van der Waals surface area contributed by atoms with Crippen LogP contribution in [-0.4, -0.2) is 6.04 Å². The van der Waals surface area contributed by atoms with Gasteiger partial charge in [0.2, 0.25) is 0 Å². The Balaban J connectivity index is 2.75. The summed E-state index contributed by atoms with van der Waals surface area (Å²) in [5.41, 5.74) is 1.17. The largest absolute Gasteiger partial charge is 0.307 e. The molecule has 1 aromatic carbocycles. The highest BCUT2D eigenvalue weighted by Crippen LogP contribution is 2.23. The predicted molar refractivity (Wildman–Crippen MR) is 71.5 cm³/mol. The lowest BCUT2D eigenvalue weighted by atomic mass is 9.95. The second kappa shape index (κ2) is 6.75. The normalized spacial score (nSPS) is 14.9. The molecule has 0 saturated heterocycles. The van der Waals surface area contributed by atoms with Crippen molar-refractivity contribution in [2.75, 3.05) is 0 Å². The lowest BCUT2D eigenvalue weighted by Crippen LogP contribution is -2.33. The summed E-state index contributed by atoms with van der Waals surface area (Å²) >= 11 is 0. The van der Waals surface area contributed by atoms with Crippen molar-refractivity contribution < 1.29 is 4.39 Å². The van der Waals surface area contributed by atoms with Crippen LogP contribution in [0.1, 0.15) is 52.1 Å². The van der Waals surface area contributed by atoms with E-state index in [2.05, 4.69) is 33.0 Å². The van der Waals surface area contributed by atoms with Crippen LogP contribution in [0, 0.1) is 11.7 Å². The number of benzene rings is 1. The molecule has 0 bridgehead atoms. The average Bonchev–Trinajstić information content (AvgIpc) is 2.27. The molecule has 0 spiro atoms. The van der Waals surface area contributed by atoms with Crippen LogP contribution in [0.4, 0.5) is 4.39 Å². The van der Waals surface area contributed by atoms with Crippen molar-refractivity contribution in [3.63, 3.8) is 0 Å². The highest BCUT2D eigenvalue weighted by molar-refractivity contribution is 5.20. The van der Waals surface area contributed by atoms with Gasteiger partial charge in [0.05, 0.1) is 0 Å². The maximum Gasteiger partial charge on any atom is 0.123 e. The molecule has 1 nitrogen and oxygen atoms in total. The Morgan fingerprint density at radius 3 is 2.18 bits per heavy atom. The van der Waals surface area contributed by atoms with E-state index >= 15 is 0 Å². The number of halogens is 1. The molecule has 2 unspecified atom stereocenters. The van der Waals surface area contributed by atoms with E-state index in [1.54, 1.807) is 0 Å². The van der Waals surface area contributed by atoms with E-state index in [9.17, 15) is 4.39 Å². The molecule has 0 aliphatic rings. The highest BCUT2D eigenvalue weighted by atomic mass is 19.1. The van der Waals surface area contributed by atoms with Crippen LogP contribution in [0.15, 0.2) is 24.3 Å². The van der Waals surface area contributed by atoms with E-state index in [0.717, 1.165) is 0 Å². The van der Waals surface area contributed by atoms with Crippen molar-refractivity contribution in [1.82, 2.24) is 5.32 Å². The molecule has 2 atom stereocenters. The Bertz CT molecular complexity index is 318. The Kier molecular flexibility index (Phi) is 5.63. The number of nitrogens with one attached hydrogen (secondary N) is 1. The zero-order valence-electron chi connectivity index (χ0n) is 11.3. The van der Waals surface area contributed by atoms with Gasteiger partial charge >= 0.3 is 0 Å². The highest BCUT2D eigenvalue weighted by Gasteiger charge is 2.17. The van der Waals surface area contributed by atoms with Crippen molar-refractivity contribution in [3.05, 3.63) is 35.6 Å². The first-order valence-electron chi connectivity index (χ1n) is 6.56. The van der Waals surface area contributed by atoms with Gasteiger partial charge in [-0.1, -0.05) is 39.3 Å². The number of hydrogen-bond donors (Lipinski definition) is 1. The Morgan fingerprint density at radius 1 is 1.12 bits per heavy atom. The van der Waals surface area contributed by atoms with Gasteiger partial charge in [0.1, 0.15) is 5.82 Å². The molecule has 0 aliphatic heterocycles. The molecule has 1 N–H and O–H groups in total. The van der Waals surface area contributed by atoms with Gasteiger partial charge in [-0.3, -0.25) is 0 Å². The zero-order valence-corrected chi connectivity index (χ0v) is 11.3. The van der Waals surface area contributed by atoms with Gasteiger partial charge in [0.15, 0.2) is 0 Å². The molecular formula is C15H24FN. The summed E-state index contributed by atoms with van der Waals surface area (Å²) in [6.45, 7) is 8.79. The first kappa shape index (κ1) is 14.2. The molecule has 0 radical (unpaired) electrons. The first-order valence-corrected chi connectivity index (χ1v) is 6.56. The van der Waals surface area contributed by atoms with Crippen molar-refractivity contribution >= 4 is 0 Å². The summed E-state index contributed by atoms with van der Waals surface area (Å²) in [5.74, 6) is 0.331. The van der Waals surface area contributed by atoms with Gasteiger partial charge in [-0.15, -0.1) is 0 Å². The van der Waals surface area contributed by atoms with Crippen LogP contribution >= 0.6 is 0 Å². The van der Waals surface area contributed by atoms with E-state index < -0.39 is 0 Å². The molecule has 17 heavy (non-hydrogen) atoms. The molecule has 0 heterocycles. The van der Waals surface area contributed by atoms with Gasteiger partial charge in [-0.2, -0.15) is 0 Å². The van der Waals surface area contributed by atoms with Crippen molar-refractivity contribution in [3.8, 4) is 0 Å². The fourth-order valence-corrected chi connectivity index (χ4v) is 2.17. The third kappa shape index (κ3) is 4.47. The summed E-state index contributed by atoms with van der Waals surface area (Å²) < 4.78 is 12.9. The van der Waals surface area contributed by atoms with Crippen molar-refractivity contribution in [2.45, 2.75) is 52.6 Å². The molecule has 0 aromatic heterocycles. The third-order valence-electron chi connectivity index (χ3n) is 3.08. The lowest BCUT2D eigenvalue weighted by Gasteiger charge is -2.27. The van der Waals surface area contributed by atoms with Gasteiger partial charge in [0, 0.05) is 12.1 Å². The third-order valence-corrected chi connectivity index (χ3v) is 3.08. The smallest absolute Gasteiger partial charge is 0.123 e. The fourth-order valence-electron chi connectivity index (χ4n) is 2.17. The Labute approximate surface area is 104 Å². The van der Waals surface area contributed by atoms with Gasteiger partial charge < -0.3 is 5.32 Å². The molecule has 96 valence electrons. The summed E-state index contributed by atoms with van der Waals surface area (Å²) in [5, 5.41) is 3.63. The molecular weight excluding hydrogens is 213 g/mol. The molecule has 0 aliphatic carbocycles. The number of rotatable bonds is 6. The summed E-state index contributed by atoms with van der Waals surface area (Å²) in [6, 6.07) is 7.64. The van der Waals surface area contributed by atoms with Crippen LogP contribution < -0.4 is 5.32 Å². The van der Waals surface area contributed by atoms with Crippen molar-refractivity contribution in [1.29, 1.82) is 0 Å². The zero-order chi connectivity index (χ0) is 12.8. The first-order chi connectivity index (χ1) is 8.04. The molecule has 1 aromatic rings. The van der Waals surface area contributed by atoms with Gasteiger partial charge in [-0.25, -0.2) is 4.39 Å². The van der Waals surface area contributed by atoms with E-state index in [1.165, 1.54) is 30.5 Å². The monoisotopic (exact) mass is 237 g/mol. The summed E-state index contributed by atoms with van der Waals surface area (Å²) in [6.07, 6.45) is 2.35. The maximum absolute atomic E-state index is 12.9. The minimum atomic E-state index is -0.169. The van der Waals surface area contributed by atoms with Gasteiger partial charge in [-0.05, 0) is 37.0 Å². The van der Waals surface area contributed by atoms with Crippen LogP contribution in [0.3, 0.4) is 0 Å². The lowest BCUT2D eigenvalue weighted by molar-refractivity contribution is 0.358. The second-order valence-corrected chi connectivity index (χ2v) is 5.13. The summed E-state index contributed by atoms with van der Waals surface area (Å²) in [7, 11) is 0. The molecule has 1 rings (SSSR count). The van der Waals surface area contributed by atoms with Crippen LogP contribution in [0.5, 0.6) is 0 Å². The minimum Gasteiger partial charge on any atom is -0.307 e. The Morgan fingerprint density at radius 2 is 1.71 bits per heavy atom.